The topological polar surface area (TPSA) is 60.5 Å². The molecule has 0 unspecified atom stereocenters. The lowest BCUT2D eigenvalue weighted by Crippen LogP contribution is -2.05. The van der Waals surface area contributed by atoms with Gasteiger partial charge in [-0.3, -0.25) is 0 Å². The highest BCUT2D eigenvalue weighted by Crippen LogP contribution is 2.29. The van der Waals surface area contributed by atoms with Gasteiger partial charge in [-0.1, -0.05) is 0 Å². The Morgan fingerprint density at radius 3 is 2.76 bits per heavy atom. The molecule has 110 valence electrons. The Kier molecular flexibility index (Phi) is 5.16. The molecular weight excluding hydrogens is 336 g/mol. The first-order valence-corrected chi connectivity index (χ1v) is 7.17. The molecule has 2 aromatic rings. The lowest BCUT2D eigenvalue weighted by atomic mass is 10.2. The second-order valence-electron chi connectivity index (χ2n) is 4.13. The maximum absolute atomic E-state index is 11.5. The van der Waals surface area contributed by atoms with Gasteiger partial charge in [-0.05, 0) is 47.1 Å². The number of carbonyl (C=O) groups is 1. The number of carbonyl (C=O) groups excluding carboxylic acids is 1. The highest BCUT2D eigenvalue weighted by Gasteiger charge is 2.07. The fourth-order valence-electron chi connectivity index (χ4n) is 1.69. The third kappa shape index (κ3) is 3.95. The Hall–Kier alpha value is -2.08. The minimum atomic E-state index is -0.373. The predicted molar refractivity (Wildman–Crippen MR) is 84.2 cm³/mol. The first-order chi connectivity index (χ1) is 10.1. The van der Waals surface area contributed by atoms with E-state index in [0.717, 1.165) is 15.9 Å². The van der Waals surface area contributed by atoms with Gasteiger partial charge in [0, 0.05) is 18.0 Å². The SMILES string of the molecule is CCOC(=O)c1ccc(Nc2ccc(Br)c(OC)c2)nc1. The third-order valence-corrected chi connectivity index (χ3v) is 3.35. The molecule has 0 amide bonds. The van der Waals surface area contributed by atoms with Crippen molar-refractivity contribution in [1.82, 2.24) is 4.98 Å². The van der Waals surface area contributed by atoms with Crippen molar-refractivity contribution >= 4 is 33.4 Å². The summed E-state index contributed by atoms with van der Waals surface area (Å²) < 4.78 is 11.0. The van der Waals surface area contributed by atoms with E-state index in [9.17, 15) is 4.79 Å². The molecule has 1 aromatic heterocycles. The first kappa shape index (κ1) is 15.3. The van der Waals surface area contributed by atoms with Crippen LogP contribution in [0.2, 0.25) is 0 Å². The summed E-state index contributed by atoms with van der Waals surface area (Å²) in [7, 11) is 1.61. The highest BCUT2D eigenvalue weighted by atomic mass is 79.9. The molecule has 1 N–H and O–H groups in total. The molecule has 0 fully saturated rings. The second-order valence-corrected chi connectivity index (χ2v) is 4.98. The fraction of sp³-hybridized carbons (Fsp3) is 0.200. The summed E-state index contributed by atoms with van der Waals surface area (Å²) in [4.78, 5) is 15.7. The van der Waals surface area contributed by atoms with Crippen LogP contribution in [-0.2, 0) is 4.74 Å². The van der Waals surface area contributed by atoms with Crippen LogP contribution in [0.1, 0.15) is 17.3 Å². The van der Waals surface area contributed by atoms with Gasteiger partial charge >= 0.3 is 5.97 Å². The van der Waals surface area contributed by atoms with E-state index in [1.165, 1.54) is 6.20 Å². The lowest BCUT2D eigenvalue weighted by Gasteiger charge is -2.09. The van der Waals surface area contributed by atoms with E-state index >= 15 is 0 Å². The van der Waals surface area contributed by atoms with Crippen LogP contribution >= 0.6 is 15.9 Å². The van der Waals surface area contributed by atoms with Crippen LogP contribution in [0.3, 0.4) is 0 Å². The zero-order valence-corrected chi connectivity index (χ0v) is 13.3. The van der Waals surface area contributed by atoms with Gasteiger partial charge in [-0.2, -0.15) is 0 Å². The van der Waals surface area contributed by atoms with Crippen molar-refractivity contribution in [2.75, 3.05) is 19.0 Å². The minimum Gasteiger partial charge on any atom is -0.495 e. The van der Waals surface area contributed by atoms with Gasteiger partial charge in [0.15, 0.2) is 0 Å². The molecule has 0 aliphatic heterocycles. The van der Waals surface area contributed by atoms with Gasteiger partial charge in [0.25, 0.3) is 0 Å². The molecule has 2 rings (SSSR count). The van der Waals surface area contributed by atoms with Gasteiger partial charge in [0.1, 0.15) is 11.6 Å². The summed E-state index contributed by atoms with van der Waals surface area (Å²) in [6.07, 6.45) is 1.48. The molecule has 6 heteroatoms. The number of nitrogens with zero attached hydrogens (tertiary/aromatic N) is 1. The monoisotopic (exact) mass is 350 g/mol. The zero-order chi connectivity index (χ0) is 15.2. The van der Waals surface area contributed by atoms with Crippen molar-refractivity contribution in [3.63, 3.8) is 0 Å². The molecule has 1 heterocycles. The number of esters is 1. The number of rotatable bonds is 5. The average molecular weight is 351 g/mol. The van der Waals surface area contributed by atoms with E-state index in [-0.39, 0.29) is 5.97 Å². The number of halogens is 1. The number of anilines is 2. The molecule has 5 nitrogen and oxygen atoms in total. The van der Waals surface area contributed by atoms with Crippen molar-refractivity contribution in [3.8, 4) is 5.75 Å². The Bertz CT molecular complexity index is 629. The summed E-state index contributed by atoms with van der Waals surface area (Å²) in [5, 5.41) is 3.14. The summed E-state index contributed by atoms with van der Waals surface area (Å²) >= 11 is 3.40. The third-order valence-electron chi connectivity index (χ3n) is 2.70. The number of benzene rings is 1. The second kappa shape index (κ2) is 7.08. The number of aromatic nitrogens is 1. The molecule has 0 atom stereocenters. The van der Waals surface area contributed by atoms with Crippen molar-refractivity contribution in [2.24, 2.45) is 0 Å². The van der Waals surface area contributed by atoms with Crippen LogP contribution in [0, 0.1) is 0 Å². The summed E-state index contributed by atoms with van der Waals surface area (Å²) in [6.45, 7) is 2.11. The van der Waals surface area contributed by atoms with Crippen molar-refractivity contribution in [1.29, 1.82) is 0 Å². The summed E-state index contributed by atoms with van der Waals surface area (Å²) in [5.74, 6) is 0.984. The smallest absolute Gasteiger partial charge is 0.339 e. The Morgan fingerprint density at radius 2 is 2.14 bits per heavy atom. The molecule has 0 saturated heterocycles. The van der Waals surface area contributed by atoms with Crippen LogP contribution < -0.4 is 10.1 Å². The first-order valence-electron chi connectivity index (χ1n) is 6.37. The van der Waals surface area contributed by atoms with Gasteiger partial charge in [0.05, 0.1) is 23.8 Å². The van der Waals surface area contributed by atoms with Crippen LogP contribution in [-0.4, -0.2) is 24.7 Å². The average Bonchev–Trinajstić information content (AvgIpc) is 2.50. The molecule has 0 saturated carbocycles. The van der Waals surface area contributed by atoms with Gasteiger partial charge in [0.2, 0.25) is 0 Å². The van der Waals surface area contributed by atoms with E-state index in [1.54, 1.807) is 26.2 Å². The summed E-state index contributed by atoms with van der Waals surface area (Å²) in [6, 6.07) is 9.02. The van der Waals surface area contributed by atoms with Crippen LogP contribution in [0.5, 0.6) is 5.75 Å². The van der Waals surface area contributed by atoms with Crippen LogP contribution in [0.15, 0.2) is 41.0 Å². The number of nitrogens with one attached hydrogen (secondary N) is 1. The molecule has 21 heavy (non-hydrogen) atoms. The maximum atomic E-state index is 11.5. The van der Waals surface area contributed by atoms with Crippen molar-refractivity contribution < 1.29 is 14.3 Å². The summed E-state index contributed by atoms with van der Waals surface area (Å²) in [5.41, 5.74) is 1.27. The van der Waals surface area contributed by atoms with E-state index in [2.05, 4.69) is 26.2 Å². The lowest BCUT2D eigenvalue weighted by molar-refractivity contribution is 0.0526. The normalized spacial score (nSPS) is 10.0. The van der Waals surface area contributed by atoms with Crippen molar-refractivity contribution in [3.05, 3.63) is 46.6 Å². The van der Waals surface area contributed by atoms with E-state index < -0.39 is 0 Å². The molecule has 0 radical (unpaired) electrons. The highest BCUT2D eigenvalue weighted by molar-refractivity contribution is 9.10. The van der Waals surface area contributed by atoms with Crippen LogP contribution in [0.25, 0.3) is 0 Å². The number of hydrogen-bond acceptors (Lipinski definition) is 5. The largest absolute Gasteiger partial charge is 0.495 e. The molecule has 0 aliphatic carbocycles. The number of methoxy groups -OCH3 is 1. The maximum Gasteiger partial charge on any atom is 0.339 e. The number of ether oxygens (including phenoxy) is 2. The van der Waals surface area contributed by atoms with E-state index in [4.69, 9.17) is 9.47 Å². The van der Waals surface area contributed by atoms with Crippen molar-refractivity contribution in [2.45, 2.75) is 6.92 Å². The molecular formula is C15H15BrN2O3. The quantitative estimate of drug-likeness (QED) is 0.831. The minimum absolute atomic E-state index is 0.345. The van der Waals surface area contributed by atoms with Gasteiger partial charge in [-0.15, -0.1) is 0 Å². The number of pyridine rings is 1. The Balaban J connectivity index is 2.11. The van der Waals surface area contributed by atoms with E-state index in [1.807, 2.05) is 18.2 Å². The molecule has 0 spiro atoms. The van der Waals surface area contributed by atoms with Gasteiger partial charge in [-0.25, -0.2) is 9.78 Å². The Labute approximate surface area is 131 Å². The van der Waals surface area contributed by atoms with Crippen LogP contribution in [0.4, 0.5) is 11.5 Å². The molecule has 1 aromatic carbocycles. The predicted octanol–water partition coefficient (Wildman–Crippen LogP) is 3.77. The Morgan fingerprint density at radius 1 is 1.33 bits per heavy atom. The zero-order valence-electron chi connectivity index (χ0n) is 11.7. The number of hydrogen-bond donors (Lipinski definition) is 1. The molecule has 0 bridgehead atoms. The van der Waals surface area contributed by atoms with E-state index in [0.29, 0.717) is 18.0 Å². The van der Waals surface area contributed by atoms with Gasteiger partial charge < -0.3 is 14.8 Å². The molecule has 0 aliphatic rings. The fourth-order valence-corrected chi connectivity index (χ4v) is 2.10. The standard InChI is InChI=1S/C15H15BrN2O3/c1-3-21-15(19)10-4-7-14(17-9-10)18-11-5-6-12(16)13(8-11)20-2/h4-9H,3H2,1-2H3,(H,17,18).